The van der Waals surface area contributed by atoms with E-state index in [2.05, 4.69) is 195 Å². The molecule has 0 heterocycles. The molecule has 0 aliphatic carbocycles. The monoisotopic (exact) mass is 618 g/mol. The van der Waals surface area contributed by atoms with Crippen LogP contribution in [0.15, 0.2) is 158 Å². The molecule has 0 saturated carbocycles. The minimum atomic E-state index is 1.13. The van der Waals surface area contributed by atoms with Crippen LogP contribution in [0, 0.1) is 27.7 Å². The fourth-order valence-electron chi connectivity index (χ4n) is 6.90. The molecule has 2 heteroatoms. The van der Waals surface area contributed by atoms with Crippen molar-refractivity contribution in [3.63, 3.8) is 0 Å². The lowest BCUT2D eigenvalue weighted by Crippen LogP contribution is -2.13. The fraction of sp³-hybridized carbons (Fsp3) is 0.0870. The number of nitrogens with zero attached hydrogens (tertiary/aromatic N) is 2. The standard InChI is InChI=1S/C46H38N2/c1-31-13-21-37(22-14-31)47(38-23-15-32(2)16-24-38)45-41-11-7-5-9-35(41)30-44-43(45)29-36-10-6-8-12-42(36)46(44)48(39-25-17-33(3)18-26-39)40-27-19-34(4)20-28-40/h5-30H,1-4H3. The summed E-state index contributed by atoms with van der Waals surface area (Å²) in [6, 6.07) is 58.1. The molecule has 8 aromatic rings. The molecule has 0 unspecified atom stereocenters. The third-order valence-electron chi connectivity index (χ3n) is 9.45. The van der Waals surface area contributed by atoms with E-state index in [4.69, 9.17) is 0 Å². The van der Waals surface area contributed by atoms with Crippen LogP contribution in [0.25, 0.3) is 32.3 Å². The number of hydrogen-bond donors (Lipinski definition) is 0. The average molecular weight is 619 g/mol. The van der Waals surface area contributed by atoms with Crippen molar-refractivity contribution >= 4 is 66.4 Å². The molecule has 48 heavy (non-hydrogen) atoms. The van der Waals surface area contributed by atoms with Gasteiger partial charge in [-0.1, -0.05) is 119 Å². The minimum absolute atomic E-state index is 1.13. The first-order valence-electron chi connectivity index (χ1n) is 16.7. The van der Waals surface area contributed by atoms with Crippen LogP contribution in [0.4, 0.5) is 34.1 Å². The van der Waals surface area contributed by atoms with Gasteiger partial charge in [0, 0.05) is 44.3 Å². The van der Waals surface area contributed by atoms with Gasteiger partial charge in [-0.15, -0.1) is 0 Å². The first-order chi connectivity index (χ1) is 23.4. The maximum atomic E-state index is 2.45. The molecule has 2 nitrogen and oxygen atoms in total. The van der Waals surface area contributed by atoms with E-state index in [-0.39, 0.29) is 0 Å². The van der Waals surface area contributed by atoms with Gasteiger partial charge in [0.2, 0.25) is 0 Å². The van der Waals surface area contributed by atoms with Crippen LogP contribution in [0.2, 0.25) is 0 Å². The van der Waals surface area contributed by atoms with Crippen LogP contribution in [0.1, 0.15) is 22.3 Å². The smallest absolute Gasteiger partial charge is 0.0619 e. The molecule has 8 aromatic carbocycles. The van der Waals surface area contributed by atoms with Crippen LogP contribution in [0.3, 0.4) is 0 Å². The van der Waals surface area contributed by atoms with Crippen molar-refractivity contribution in [3.8, 4) is 0 Å². The minimum Gasteiger partial charge on any atom is -0.309 e. The summed E-state index contributed by atoms with van der Waals surface area (Å²) in [5.74, 6) is 0. The molecular weight excluding hydrogens is 581 g/mol. The second-order valence-electron chi connectivity index (χ2n) is 13.0. The molecule has 0 fully saturated rings. The van der Waals surface area contributed by atoms with Crippen LogP contribution >= 0.6 is 0 Å². The van der Waals surface area contributed by atoms with Crippen LogP contribution in [-0.2, 0) is 0 Å². The molecule has 0 saturated heterocycles. The predicted molar refractivity (Wildman–Crippen MR) is 207 cm³/mol. The first kappa shape index (κ1) is 29.5. The molecule has 0 aromatic heterocycles. The number of fused-ring (bicyclic) bond motifs is 3. The summed E-state index contributed by atoms with van der Waals surface area (Å²) >= 11 is 0. The molecule has 0 spiro atoms. The maximum Gasteiger partial charge on any atom is 0.0619 e. The van der Waals surface area contributed by atoms with Crippen molar-refractivity contribution in [2.45, 2.75) is 27.7 Å². The number of benzene rings is 8. The van der Waals surface area contributed by atoms with Gasteiger partial charge in [0.15, 0.2) is 0 Å². The van der Waals surface area contributed by atoms with Gasteiger partial charge in [0.1, 0.15) is 0 Å². The van der Waals surface area contributed by atoms with E-state index in [9.17, 15) is 0 Å². The molecule has 232 valence electrons. The summed E-state index contributed by atoms with van der Waals surface area (Å²) in [7, 11) is 0. The Morgan fingerprint density at radius 3 is 0.854 bits per heavy atom. The summed E-state index contributed by atoms with van der Waals surface area (Å²) < 4.78 is 0. The number of anilines is 6. The van der Waals surface area contributed by atoms with Gasteiger partial charge in [-0.3, -0.25) is 0 Å². The van der Waals surface area contributed by atoms with Gasteiger partial charge < -0.3 is 9.80 Å². The summed E-state index contributed by atoms with van der Waals surface area (Å²) in [6.45, 7) is 8.60. The molecule has 0 bridgehead atoms. The van der Waals surface area contributed by atoms with E-state index in [1.165, 1.54) is 65.9 Å². The Balaban J connectivity index is 1.55. The highest BCUT2D eigenvalue weighted by molar-refractivity contribution is 6.23. The average Bonchev–Trinajstić information content (AvgIpc) is 3.11. The van der Waals surface area contributed by atoms with E-state index >= 15 is 0 Å². The van der Waals surface area contributed by atoms with E-state index in [0.29, 0.717) is 0 Å². The number of hydrogen-bond acceptors (Lipinski definition) is 2. The van der Waals surface area contributed by atoms with Crippen molar-refractivity contribution in [1.82, 2.24) is 0 Å². The largest absolute Gasteiger partial charge is 0.309 e. The van der Waals surface area contributed by atoms with Crippen molar-refractivity contribution < 1.29 is 0 Å². The van der Waals surface area contributed by atoms with Crippen molar-refractivity contribution in [2.75, 3.05) is 9.80 Å². The zero-order valence-corrected chi connectivity index (χ0v) is 27.9. The van der Waals surface area contributed by atoms with Gasteiger partial charge in [0.05, 0.1) is 11.4 Å². The molecule has 0 aliphatic rings. The van der Waals surface area contributed by atoms with Crippen LogP contribution in [0.5, 0.6) is 0 Å². The second kappa shape index (κ2) is 12.1. The lowest BCUT2D eigenvalue weighted by atomic mass is 9.93. The molecule has 0 atom stereocenters. The maximum absolute atomic E-state index is 2.45. The normalized spacial score (nSPS) is 11.3. The predicted octanol–water partition coefficient (Wildman–Crippen LogP) is 13.3. The summed E-state index contributed by atoms with van der Waals surface area (Å²) in [4.78, 5) is 4.90. The first-order valence-corrected chi connectivity index (χ1v) is 16.7. The number of rotatable bonds is 6. The van der Waals surface area contributed by atoms with E-state index in [1.807, 2.05) is 0 Å². The Kier molecular flexibility index (Phi) is 7.42. The fourth-order valence-corrected chi connectivity index (χ4v) is 6.90. The second-order valence-corrected chi connectivity index (χ2v) is 13.0. The lowest BCUT2D eigenvalue weighted by Gasteiger charge is -2.32. The Bertz CT molecular complexity index is 2140. The molecular formula is C46H38N2. The van der Waals surface area contributed by atoms with E-state index in [0.717, 1.165) is 22.7 Å². The molecule has 0 N–H and O–H groups in total. The van der Waals surface area contributed by atoms with Crippen molar-refractivity contribution in [3.05, 3.63) is 180 Å². The molecule has 8 rings (SSSR count). The number of aryl methyl sites for hydroxylation is 4. The van der Waals surface area contributed by atoms with E-state index < -0.39 is 0 Å². The highest BCUT2D eigenvalue weighted by Crippen LogP contribution is 2.50. The zero-order chi connectivity index (χ0) is 32.8. The van der Waals surface area contributed by atoms with Crippen LogP contribution < -0.4 is 9.80 Å². The topological polar surface area (TPSA) is 6.48 Å². The Hall–Kier alpha value is -5.86. The SMILES string of the molecule is Cc1ccc(N(c2ccc(C)cc2)c2c3ccccc3cc3c(N(c4ccc(C)cc4)c4ccc(C)cc4)c4ccccc4cc23)cc1. The Labute approximate surface area is 283 Å². The lowest BCUT2D eigenvalue weighted by molar-refractivity contribution is 1.28. The summed E-state index contributed by atoms with van der Waals surface area (Å²) in [5.41, 5.74) is 11.8. The van der Waals surface area contributed by atoms with Crippen LogP contribution in [-0.4, -0.2) is 0 Å². The van der Waals surface area contributed by atoms with Crippen molar-refractivity contribution in [2.24, 2.45) is 0 Å². The molecule has 0 amide bonds. The highest BCUT2D eigenvalue weighted by atomic mass is 15.2. The highest BCUT2D eigenvalue weighted by Gasteiger charge is 2.24. The quantitative estimate of drug-likeness (QED) is 0.171. The Morgan fingerprint density at radius 2 is 0.562 bits per heavy atom. The third kappa shape index (κ3) is 5.26. The Morgan fingerprint density at radius 1 is 0.292 bits per heavy atom. The summed E-state index contributed by atoms with van der Waals surface area (Å²) in [5, 5.41) is 7.23. The zero-order valence-electron chi connectivity index (χ0n) is 27.9. The molecule has 0 radical (unpaired) electrons. The van der Waals surface area contributed by atoms with Gasteiger partial charge in [0.25, 0.3) is 0 Å². The van der Waals surface area contributed by atoms with Crippen molar-refractivity contribution in [1.29, 1.82) is 0 Å². The van der Waals surface area contributed by atoms with Gasteiger partial charge in [-0.05, 0) is 99.1 Å². The van der Waals surface area contributed by atoms with E-state index in [1.54, 1.807) is 0 Å². The molecule has 0 aliphatic heterocycles. The van der Waals surface area contributed by atoms with Gasteiger partial charge in [-0.25, -0.2) is 0 Å². The van der Waals surface area contributed by atoms with Gasteiger partial charge in [-0.2, -0.15) is 0 Å². The van der Waals surface area contributed by atoms with Gasteiger partial charge >= 0.3 is 0 Å². The summed E-state index contributed by atoms with van der Waals surface area (Å²) in [6.07, 6.45) is 0. The third-order valence-corrected chi connectivity index (χ3v) is 9.45.